The summed E-state index contributed by atoms with van der Waals surface area (Å²) in [4.78, 5) is 20.7. The van der Waals surface area contributed by atoms with Gasteiger partial charge in [0.1, 0.15) is 24.2 Å². The van der Waals surface area contributed by atoms with E-state index in [2.05, 4.69) is 10.3 Å². The van der Waals surface area contributed by atoms with Crippen LogP contribution in [0.4, 0.5) is 15.9 Å². The number of benzene rings is 2. The summed E-state index contributed by atoms with van der Waals surface area (Å²) < 4.78 is 28.4. The number of aryl methyl sites for hydroxylation is 1. The summed E-state index contributed by atoms with van der Waals surface area (Å²) in [5, 5.41) is 14.7. The molecule has 0 aliphatic rings. The maximum absolute atomic E-state index is 16.0. The van der Waals surface area contributed by atoms with Crippen LogP contribution in [0.5, 0.6) is 5.75 Å². The first-order valence-corrected chi connectivity index (χ1v) is 12.5. The number of carbonyl (C=O) groups is 1. The lowest BCUT2D eigenvalue weighted by atomic mass is 9.99. The lowest BCUT2D eigenvalue weighted by molar-refractivity contribution is -0.137. The van der Waals surface area contributed by atoms with Crippen molar-refractivity contribution in [2.45, 2.75) is 32.9 Å². The van der Waals surface area contributed by atoms with Crippen molar-refractivity contribution in [3.63, 3.8) is 0 Å². The summed E-state index contributed by atoms with van der Waals surface area (Å²) in [6, 6.07) is 11.7. The molecule has 2 aromatic carbocycles. The Balaban J connectivity index is 1.71. The quantitative estimate of drug-likeness (QED) is 0.211. The van der Waals surface area contributed by atoms with E-state index >= 15 is 4.39 Å². The minimum absolute atomic E-state index is 0.127. The van der Waals surface area contributed by atoms with Crippen LogP contribution in [0.15, 0.2) is 71.8 Å². The largest absolute Gasteiger partial charge is 0.491 e. The van der Waals surface area contributed by atoms with Gasteiger partial charge in [-0.15, -0.1) is 0 Å². The van der Waals surface area contributed by atoms with Crippen molar-refractivity contribution in [2.75, 3.05) is 17.7 Å². The van der Waals surface area contributed by atoms with Gasteiger partial charge < -0.3 is 29.9 Å². The molecule has 10 heteroatoms. The van der Waals surface area contributed by atoms with Crippen LogP contribution in [-0.4, -0.2) is 32.2 Å². The number of imidazole rings is 1. The lowest BCUT2D eigenvalue weighted by Crippen LogP contribution is -2.21. The van der Waals surface area contributed by atoms with Crippen LogP contribution in [-0.2, 0) is 17.8 Å². The second-order valence-electron chi connectivity index (χ2n) is 9.01. The number of rotatable bonds is 10. The van der Waals surface area contributed by atoms with Crippen molar-refractivity contribution >= 4 is 28.2 Å². The van der Waals surface area contributed by atoms with Gasteiger partial charge >= 0.3 is 5.97 Å². The third-order valence-electron chi connectivity index (χ3n) is 6.44. The molecule has 3 heterocycles. The van der Waals surface area contributed by atoms with E-state index in [0.717, 1.165) is 16.3 Å². The molecule has 5 aromatic rings. The molecule has 0 saturated carbocycles. The highest BCUT2D eigenvalue weighted by Crippen LogP contribution is 2.36. The number of nitrogens with one attached hydrogen (secondary N) is 1. The molecule has 4 N–H and O–H groups in total. The molecular weight excluding hydrogens is 501 g/mol. The number of ether oxygens (including phenoxy) is 1. The molecule has 0 aliphatic heterocycles. The molecule has 1 atom stereocenters. The fraction of sp³-hybridized carbons (Fsp3) is 0.207. The smallest absolute Gasteiger partial charge is 0.323 e. The Hall–Kier alpha value is -4.86. The van der Waals surface area contributed by atoms with Crippen molar-refractivity contribution in [3.05, 3.63) is 90.2 Å². The SMILES string of the molecule is CCOc1cc(CC)cc(C(Nc2ccc3c(N)nccc3c2)c2nc(-c3ccoc3)cn2CC(=O)O)c1F. The van der Waals surface area contributed by atoms with Crippen LogP contribution in [0.1, 0.15) is 36.8 Å². The molecular formula is C29H28FN5O4. The molecule has 0 amide bonds. The number of carboxylic acid groups (broad SMARTS) is 1. The van der Waals surface area contributed by atoms with Crippen LogP contribution in [0.3, 0.4) is 0 Å². The van der Waals surface area contributed by atoms with Gasteiger partial charge in [0.25, 0.3) is 0 Å². The third-order valence-corrected chi connectivity index (χ3v) is 6.44. The number of nitrogens with zero attached hydrogens (tertiary/aromatic N) is 3. The van der Waals surface area contributed by atoms with Crippen LogP contribution in [0.2, 0.25) is 0 Å². The molecule has 0 saturated heterocycles. The number of halogens is 1. The summed E-state index contributed by atoms with van der Waals surface area (Å²) in [7, 11) is 0. The zero-order valence-corrected chi connectivity index (χ0v) is 21.5. The van der Waals surface area contributed by atoms with Gasteiger partial charge in [0.05, 0.1) is 24.8 Å². The Morgan fingerprint density at radius 3 is 2.79 bits per heavy atom. The van der Waals surface area contributed by atoms with E-state index in [1.807, 2.05) is 31.2 Å². The Bertz CT molecular complexity index is 1630. The Morgan fingerprint density at radius 2 is 2.08 bits per heavy atom. The van der Waals surface area contributed by atoms with E-state index in [9.17, 15) is 9.90 Å². The summed E-state index contributed by atoms with van der Waals surface area (Å²) in [5.74, 6) is -0.756. The number of carboxylic acids is 1. The van der Waals surface area contributed by atoms with E-state index in [1.165, 1.54) is 17.1 Å². The number of hydrogen-bond donors (Lipinski definition) is 3. The Morgan fingerprint density at radius 1 is 1.23 bits per heavy atom. The summed E-state index contributed by atoms with van der Waals surface area (Å²) in [5.41, 5.74) is 9.01. The zero-order chi connectivity index (χ0) is 27.5. The van der Waals surface area contributed by atoms with Crippen LogP contribution in [0, 0.1) is 5.82 Å². The second-order valence-corrected chi connectivity index (χ2v) is 9.01. The number of furan rings is 1. The van der Waals surface area contributed by atoms with Crippen molar-refractivity contribution in [1.82, 2.24) is 14.5 Å². The van der Waals surface area contributed by atoms with E-state index in [1.54, 1.807) is 37.5 Å². The summed E-state index contributed by atoms with van der Waals surface area (Å²) in [6.07, 6.45) is 6.92. The molecule has 9 nitrogen and oxygen atoms in total. The Kier molecular flexibility index (Phi) is 7.18. The molecule has 0 radical (unpaired) electrons. The first-order chi connectivity index (χ1) is 18.9. The fourth-order valence-electron chi connectivity index (χ4n) is 4.57. The highest BCUT2D eigenvalue weighted by molar-refractivity contribution is 5.93. The van der Waals surface area contributed by atoms with Crippen LogP contribution < -0.4 is 15.8 Å². The van der Waals surface area contributed by atoms with Gasteiger partial charge in [0, 0.05) is 34.6 Å². The number of fused-ring (bicyclic) bond motifs is 1. The summed E-state index contributed by atoms with van der Waals surface area (Å²) >= 11 is 0. The highest BCUT2D eigenvalue weighted by Gasteiger charge is 2.28. The average molecular weight is 530 g/mol. The van der Waals surface area contributed by atoms with Crippen molar-refractivity contribution in [3.8, 4) is 17.0 Å². The topological polar surface area (TPSA) is 128 Å². The Labute approximate surface area is 224 Å². The minimum Gasteiger partial charge on any atom is -0.491 e. The fourth-order valence-corrected chi connectivity index (χ4v) is 4.57. The van der Waals surface area contributed by atoms with Gasteiger partial charge in [-0.25, -0.2) is 14.4 Å². The van der Waals surface area contributed by atoms with E-state index in [0.29, 0.717) is 41.6 Å². The van der Waals surface area contributed by atoms with Gasteiger partial charge in [-0.2, -0.15) is 0 Å². The lowest BCUT2D eigenvalue weighted by Gasteiger charge is -2.23. The monoisotopic (exact) mass is 529 g/mol. The van der Waals surface area contributed by atoms with Crippen molar-refractivity contribution in [2.24, 2.45) is 0 Å². The molecule has 0 spiro atoms. The third kappa shape index (κ3) is 5.26. The zero-order valence-electron chi connectivity index (χ0n) is 21.5. The number of pyridine rings is 1. The van der Waals surface area contributed by atoms with E-state index in [4.69, 9.17) is 19.9 Å². The normalized spacial score (nSPS) is 12.0. The summed E-state index contributed by atoms with van der Waals surface area (Å²) in [6.45, 7) is 3.69. The van der Waals surface area contributed by atoms with Crippen LogP contribution >= 0.6 is 0 Å². The first kappa shape index (κ1) is 25.8. The molecule has 3 aromatic heterocycles. The molecule has 1 unspecified atom stereocenters. The number of nitrogen functional groups attached to an aromatic ring is 1. The van der Waals surface area contributed by atoms with Gasteiger partial charge in [-0.05, 0) is 60.7 Å². The molecule has 0 bridgehead atoms. The van der Waals surface area contributed by atoms with E-state index < -0.39 is 17.8 Å². The molecule has 200 valence electrons. The molecule has 0 aliphatic carbocycles. The molecule has 39 heavy (non-hydrogen) atoms. The van der Waals surface area contributed by atoms with Gasteiger partial charge in [0.2, 0.25) is 0 Å². The van der Waals surface area contributed by atoms with Crippen LogP contribution in [0.25, 0.3) is 22.0 Å². The van der Waals surface area contributed by atoms with Crippen molar-refractivity contribution < 1.29 is 23.4 Å². The second kappa shape index (κ2) is 10.9. The van der Waals surface area contributed by atoms with E-state index in [-0.39, 0.29) is 17.9 Å². The van der Waals surface area contributed by atoms with Gasteiger partial charge in [0.15, 0.2) is 11.6 Å². The van der Waals surface area contributed by atoms with Gasteiger partial charge in [-0.3, -0.25) is 4.79 Å². The maximum atomic E-state index is 16.0. The number of aromatic nitrogens is 3. The van der Waals surface area contributed by atoms with Crippen molar-refractivity contribution in [1.29, 1.82) is 0 Å². The first-order valence-electron chi connectivity index (χ1n) is 12.5. The van der Waals surface area contributed by atoms with Gasteiger partial charge in [-0.1, -0.05) is 13.0 Å². The minimum atomic E-state index is -1.06. The number of nitrogens with two attached hydrogens (primary N) is 1. The predicted molar refractivity (Wildman–Crippen MR) is 146 cm³/mol. The number of aliphatic carboxylic acids is 1. The number of hydrogen-bond acceptors (Lipinski definition) is 7. The standard InChI is InChI=1S/C29H28FN5O4/c1-3-17-11-22(26(30)24(12-17)39-4-2)27(33-20-5-6-21-18(13-20)7-9-32-28(21)31)29-34-23(19-8-10-38-16-19)14-35(29)15-25(36)37/h5-14,16,27,33H,3-4,15H2,1-2H3,(H2,31,32)(H,36,37). The highest BCUT2D eigenvalue weighted by atomic mass is 19.1. The molecule has 0 fully saturated rings. The molecule has 5 rings (SSSR count). The number of anilines is 2. The average Bonchev–Trinajstić information content (AvgIpc) is 3.59. The predicted octanol–water partition coefficient (Wildman–Crippen LogP) is 5.66. The maximum Gasteiger partial charge on any atom is 0.323 e.